The SMILES string of the molecule is CCC(Br)(C(=O)CBr)c1ccccc1. The predicted octanol–water partition coefficient (Wildman–Crippen LogP) is 3.65. The molecule has 0 aliphatic carbocycles. The highest BCUT2D eigenvalue weighted by atomic mass is 79.9. The summed E-state index contributed by atoms with van der Waals surface area (Å²) in [5, 5.41) is 0.376. The minimum atomic E-state index is -0.530. The molecule has 0 bridgehead atoms. The van der Waals surface area contributed by atoms with Gasteiger partial charge < -0.3 is 0 Å². The van der Waals surface area contributed by atoms with Gasteiger partial charge >= 0.3 is 0 Å². The molecule has 1 aromatic carbocycles. The molecule has 3 heteroatoms. The average Bonchev–Trinajstić information content (AvgIpc) is 2.28. The van der Waals surface area contributed by atoms with Crippen LogP contribution in [0.1, 0.15) is 18.9 Å². The van der Waals surface area contributed by atoms with E-state index in [2.05, 4.69) is 31.9 Å². The van der Waals surface area contributed by atoms with Gasteiger partial charge in [0.2, 0.25) is 0 Å². The molecule has 1 aromatic rings. The number of ketones is 1. The fourth-order valence-electron chi connectivity index (χ4n) is 1.37. The van der Waals surface area contributed by atoms with E-state index in [1.54, 1.807) is 0 Å². The highest BCUT2D eigenvalue weighted by Gasteiger charge is 2.33. The van der Waals surface area contributed by atoms with Crippen LogP contribution in [0.5, 0.6) is 0 Å². The maximum atomic E-state index is 11.8. The molecule has 0 amide bonds. The largest absolute Gasteiger partial charge is 0.297 e. The number of benzene rings is 1. The van der Waals surface area contributed by atoms with Crippen LogP contribution < -0.4 is 0 Å². The first-order valence-electron chi connectivity index (χ1n) is 4.49. The lowest BCUT2D eigenvalue weighted by molar-refractivity contribution is -0.118. The molecule has 0 heterocycles. The molecule has 1 rings (SSSR count). The summed E-state index contributed by atoms with van der Waals surface area (Å²) in [5.41, 5.74) is 1.02. The van der Waals surface area contributed by atoms with E-state index in [9.17, 15) is 4.79 Å². The van der Waals surface area contributed by atoms with Crippen molar-refractivity contribution in [2.45, 2.75) is 17.7 Å². The predicted molar refractivity (Wildman–Crippen MR) is 66.1 cm³/mol. The Hall–Kier alpha value is -0.150. The summed E-state index contributed by atoms with van der Waals surface area (Å²) in [7, 11) is 0. The Balaban J connectivity index is 3.08. The Bertz CT molecular complexity index is 310. The molecule has 0 radical (unpaired) electrons. The summed E-state index contributed by atoms with van der Waals surface area (Å²) >= 11 is 6.75. The molecule has 0 saturated carbocycles. The van der Waals surface area contributed by atoms with Crippen LogP contribution in [0.3, 0.4) is 0 Å². The van der Waals surface area contributed by atoms with Gasteiger partial charge in [0.15, 0.2) is 5.78 Å². The fraction of sp³-hybridized carbons (Fsp3) is 0.364. The first kappa shape index (κ1) is 11.9. The number of Topliss-reactive ketones (excluding diaryl/α,β-unsaturated/α-hetero) is 1. The highest BCUT2D eigenvalue weighted by molar-refractivity contribution is 9.10. The number of carbonyl (C=O) groups excluding carboxylic acids is 1. The van der Waals surface area contributed by atoms with E-state index in [0.717, 1.165) is 12.0 Å². The molecular formula is C11H12Br2O. The fourth-order valence-corrected chi connectivity index (χ4v) is 2.63. The monoisotopic (exact) mass is 318 g/mol. The third-order valence-corrected chi connectivity index (χ3v) is 4.25. The van der Waals surface area contributed by atoms with Crippen LogP contribution >= 0.6 is 31.9 Å². The molecule has 76 valence electrons. The molecule has 14 heavy (non-hydrogen) atoms. The van der Waals surface area contributed by atoms with Crippen LogP contribution in [0.4, 0.5) is 0 Å². The quantitative estimate of drug-likeness (QED) is 0.774. The van der Waals surface area contributed by atoms with Crippen LogP contribution in [0, 0.1) is 0 Å². The van der Waals surface area contributed by atoms with E-state index in [0.29, 0.717) is 5.33 Å². The van der Waals surface area contributed by atoms with Crippen molar-refractivity contribution in [2.75, 3.05) is 5.33 Å². The van der Waals surface area contributed by atoms with Gasteiger partial charge in [-0.3, -0.25) is 4.79 Å². The number of halogens is 2. The van der Waals surface area contributed by atoms with E-state index < -0.39 is 4.32 Å². The van der Waals surface area contributed by atoms with E-state index >= 15 is 0 Å². The number of carbonyl (C=O) groups is 1. The minimum Gasteiger partial charge on any atom is -0.297 e. The number of rotatable bonds is 4. The van der Waals surface area contributed by atoms with Gasteiger partial charge in [-0.1, -0.05) is 69.1 Å². The second kappa shape index (κ2) is 5.08. The molecule has 1 unspecified atom stereocenters. The van der Waals surface area contributed by atoms with Crippen LogP contribution in [-0.4, -0.2) is 11.1 Å². The Morgan fingerprint density at radius 3 is 2.36 bits per heavy atom. The van der Waals surface area contributed by atoms with Crippen molar-refractivity contribution in [1.82, 2.24) is 0 Å². The summed E-state index contributed by atoms with van der Waals surface area (Å²) < 4.78 is -0.530. The number of hydrogen-bond acceptors (Lipinski definition) is 1. The molecule has 0 aromatic heterocycles. The molecular weight excluding hydrogens is 308 g/mol. The van der Waals surface area contributed by atoms with Crippen LogP contribution in [0.15, 0.2) is 30.3 Å². The smallest absolute Gasteiger partial charge is 0.164 e. The second-order valence-electron chi connectivity index (χ2n) is 3.08. The molecule has 1 nitrogen and oxygen atoms in total. The molecule has 0 spiro atoms. The zero-order valence-corrected chi connectivity index (χ0v) is 11.1. The van der Waals surface area contributed by atoms with Crippen molar-refractivity contribution in [3.63, 3.8) is 0 Å². The van der Waals surface area contributed by atoms with Crippen LogP contribution in [0.25, 0.3) is 0 Å². The van der Waals surface area contributed by atoms with Gasteiger partial charge in [-0.2, -0.15) is 0 Å². The maximum absolute atomic E-state index is 11.8. The topological polar surface area (TPSA) is 17.1 Å². The van der Waals surface area contributed by atoms with Gasteiger partial charge in [-0.05, 0) is 12.0 Å². The third kappa shape index (κ3) is 2.26. The standard InChI is InChI=1S/C11H12Br2O/c1-2-11(13,10(14)8-12)9-6-4-3-5-7-9/h3-7H,2,8H2,1H3. The lowest BCUT2D eigenvalue weighted by Crippen LogP contribution is -2.29. The van der Waals surface area contributed by atoms with Crippen LogP contribution in [-0.2, 0) is 9.12 Å². The Kier molecular flexibility index (Phi) is 4.32. The summed E-state index contributed by atoms with van der Waals surface area (Å²) in [6.07, 6.45) is 0.751. The molecule has 0 aliphatic heterocycles. The van der Waals surface area contributed by atoms with Crippen molar-refractivity contribution in [2.24, 2.45) is 0 Å². The lowest BCUT2D eigenvalue weighted by Gasteiger charge is -2.24. The number of hydrogen-bond donors (Lipinski definition) is 0. The van der Waals surface area contributed by atoms with E-state index in [-0.39, 0.29) is 5.78 Å². The first-order chi connectivity index (χ1) is 6.65. The third-order valence-electron chi connectivity index (χ3n) is 2.28. The summed E-state index contributed by atoms with van der Waals surface area (Å²) in [5.74, 6) is 0.159. The Labute approximate surface area is 101 Å². The molecule has 0 N–H and O–H groups in total. The van der Waals surface area contributed by atoms with E-state index in [4.69, 9.17) is 0 Å². The van der Waals surface area contributed by atoms with E-state index in [1.165, 1.54) is 0 Å². The van der Waals surface area contributed by atoms with Gasteiger partial charge in [0.05, 0.1) is 5.33 Å². The van der Waals surface area contributed by atoms with Crippen LogP contribution in [0.2, 0.25) is 0 Å². The van der Waals surface area contributed by atoms with Gasteiger partial charge in [0.25, 0.3) is 0 Å². The molecule has 0 saturated heterocycles. The Morgan fingerprint density at radius 1 is 1.36 bits per heavy atom. The van der Waals surface area contributed by atoms with Gasteiger partial charge in [0.1, 0.15) is 4.32 Å². The van der Waals surface area contributed by atoms with Gasteiger partial charge in [-0.25, -0.2) is 0 Å². The number of alkyl halides is 2. The zero-order valence-electron chi connectivity index (χ0n) is 7.97. The Morgan fingerprint density at radius 2 is 1.93 bits per heavy atom. The maximum Gasteiger partial charge on any atom is 0.164 e. The molecule has 1 atom stereocenters. The summed E-state index contributed by atoms with van der Waals surface area (Å²) in [6, 6.07) is 9.79. The highest BCUT2D eigenvalue weighted by Crippen LogP contribution is 2.36. The van der Waals surface area contributed by atoms with Crippen molar-refractivity contribution in [3.05, 3.63) is 35.9 Å². The normalized spacial score (nSPS) is 14.8. The van der Waals surface area contributed by atoms with Crippen molar-refractivity contribution in [1.29, 1.82) is 0 Å². The van der Waals surface area contributed by atoms with Crippen molar-refractivity contribution < 1.29 is 4.79 Å². The van der Waals surface area contributed by atoms with Crippen molar-refractivity contribution in [3.8, 4) is 0 Å². The molecule has 0 fully saturated rings. The lowest BCUT2D eigenvalue weighted by atomic mass is 9.93. The van der Waals surface area contributed by atoms with Gasteiger partial charge in [-0.15, -0.1) is 0 Å². The zero-order chi connectivity index (χ0) is 10.6. The minimum absolute atomic E-state index is 0.159. The van der Waals surface area contributed by atoms with Crippen molar-refractivity contribution >= 4 is 37.6 Å². The molecule has 0 aliphatic rings. The van der Waals surface area contributed by atoms with Gasteiger partial charge in [0, 0.05) is 0 Å². The first-order valence-corrected chi connectivity index (χ1v) is 6.40. The summed E-state index contributed by atoms with van der Waals surface area (Å²) in [4.78, 5) is 11.8. The summed E-state index contributed by atoms with van der Waals surface area (Å²) in [6.45, 7) is 2.00. The average molecular weight is 320 g/mol. The van der Waals surface area contributed by atoms with E-state index in [1.807, 2.05) is 37.3 Å². The second-order valence-corrected chi connectivity index (χ2v) is 4.99.